The number of nitrogens with zero attached hydrogens (tertiary/aromatic N) is 1. The molecule has 3 aliphatic carbocycles. The number of benzene rings is 1. The highest BCUT2D eigenvalue weighted by molar-refractivity contribution is 9.10. The Morgan fingerprint density at radius 2 is 1.79 bits per heavy atom. The molecule has 1 saturated heterocycles. The number of hydrogen-bond acceptors (Lipinski definition) is 3. The molecule has 1 aromatic rings. The summed E-state index contributed by atoms with van der Waals surface area (Å²) in [7, 11) is 0. The lowest BCUT2D eigenvalue weighted by Crippen LogP contribution is -2.53. The van der Waals surface area contributed by atoms with E-state index in [1.807, 2.05) is 24.3 Å². The zero-order valence-electron chi connectivity index (χ0n) is 16.2. The molecule has 5 nitrogen and oxygen atoms in total. The van der Waals surface area contributed by atoms with E-state index >= 15 is 0 Å². The Hall–Kier alpha value is -1.73. The van der Waals surface area contributed by atoms with Gasteiger partial charge in [0, 0.05) is 15.6 Å². The fraction of sp³-hybridized carbons (Fsp3) is 0.476. The Labute approximate surface area is 179 Å². The number of carbonyl (C=O) groups excluding carboxylic acids is 2. The van der Waals surface area contributed by atoms with Crippen molar-refractivity contribution in [3.63, 3.8) is 0 Å². The quantitative estimate of drug-likeness (QED) is 0.399. The number of rotatable bonds is 3. The summed E-state index contributed by atoms with van der Waals surface area (Å²) in [6.45, 7) is 6.38. The Morgan fingerprint density at radius 3 is 2.36 bits per heavy atom. The summed E-state index contributed by atoms with van der Waals surface area (Å²) in [5.41, 5.74) is 3.11. The van der Waals surface area contributed by atoms with Crippen LogP contribution in [0, 0.1) is 28.6 Å². The lowest BCUT2D eigenvalue weighted by molar-refractivity contribution is -0.142. The minimum atomic E-state index is -0.330. The summed E-state index contributed by atoms with van der Waals surface area (Å²) in [6.07, 6.45) is 6.24. The number of hydrogen-bond donors (Lipinski definition) is 2. The van der Waals surface area contributed by atoms with Crippen molar-refractivity contribution in [2.75, 3.05) is 5.32 Å². The molecule has 1 heterocycles. The number of thiocarbonyl (C=S) groups is 1. The Morgan fingerprint density at radius 1 is 1.14 bits per heavy atom. The largest absolute Gasteiger partial charge is 0.331 e. The summed E-state index contributed by atoms with van der Waals surface area (Å²) >= 11 is 8.75. The van der Waals surface area contributed by atoms with Crippen molar-refractivity contribution in [3.8, 4) is 0 Å². The monoisotopic (exact) mass is 461 g/mol. The first-order valence-corrected chi connectivity index (χ1v) is 10.8. The molecule has 2 fully saturated rings. The molecule has 2 bridgehead atoms. The third-order valence-corrected chi connectivity index (χ3v) is 7.58. The molecule has 0 spiro atoms. The van der Waals surface area contributed by atoms with Gasteiger partial charge in [0.15, 0.2) is 5.11 Å². The molecule has 7 heteroatoms. The van der Waals surface area contributed by atoms with Crippen LogP contribution in [-0.2, 0) is 9.59 Å². The highest BCUT2D eigenvalue weighted by atomic mass is 79.9. The molecular formula is C21H24BrN3O2S. The number of anilines is 1. The molecule has 2 N–H and O–H groups in total. The first kappa shape index (κ1) is 19.6. The molecule has 4 unspecified atom stereocenters. The average molecular weight is 462 g/mol. The van der Waals surface area contributed by atoms with Crippen LogP contribution in [0.3, 0.4) is 0 Å². The Balaban J connectivity index is 1.58. The fourth-order valence-electron chi connectivity index (χ4n) is 5.14. The molecule has 1 aromatic carbocycles. The molecule has 148 valence electrons. The molecule has 1 saturated carbocycles. The number of allylic oxidation sites excluding steroid dienone is 2. The van der Waals surface area contributed by atoms with Gasteiger partial charge in [-0.2, -0.15) is 5.01 Å². The molecular weight excluding hydrogens is 438 g/mol. The number of halogens is 1. The van der Waals surface area contributed by atoms with Crippen LogP contribution in [0.1, 0.15) is 33.6 Å². The van der Waals surface area contributed by atoms with Crippen LogP contribution in [0.25, 0.3) is 0 Å². The third kappa shape index (κ3) is 2.82. The highest BCUT2D eigenvalue weighted by Gasteiger charge is 2.67. The lowest BCUT2D eigenvalue weighted by Gasteiger charge is -2.55. The molecule has 4 aliphatic rings. The van der Waals surface area contributed by atoms with Crippen LogP contribution in [0.2, 0.25) is 0 Å². The van der Waals surface area contributed by atoms with Crippen LogP contribution in [0.5, 0.6) is 0 Å². The summed E-state index contributed by atoms with van der Waals surface area (Å²) in [6, 6.07) is 7.51. The van der Waals surface area contributed by atoms with Gasteiger partial charge in [-0.15, -0.1) is 0 Å². The highest BCUT2D eigenvalue weighted by Crippen LogP contribution is 2.63. The number of amides is 2. The first-order chi connectivity index (χ1) is 13.2. The van der Waals surface area contributed by atoms with E-state index in [0.29, 0.717) is 0 Å². The van der Waals surface area contributed by atoms with Crippen molar-refractivity contribution in [1.82, 2.24) is 10.4 Å². The van der Waals surface area contributed by atoms with E-state index in [9.17, 15) is 9.59 Å². The van der Waals surface area contributed by atoms with Crippen molar-refractivity contribution < 1.29 is 9.59 Å². The van der Waals surface area contributed by atoms with Crippen LogP contribution >= 0.6 is 28.1 Å². The third-order valence-electron chi connectivity index (χ3n) is 6.86. The normalized spacial score (nSPS) is 33.4. The van der Waals surface area contributed by atoms with E-state index in [2.05, 4.69) is 59.6 Å². The molecule has 28 heavy (non-hydrogen) atoms. The van der Waals surface area contributed by atoms with Gasteiger partial charge in [0.2, 0.25) is 0 Å². The molecule has 0 aromatic heterocycles. The average Bonchev–Trinajstić information content (AvgIpc) is 2.91. The van der Waals surface area contributed by atoms with Gasteiger partial charge in [-0.05, 0) is 60.7 Å². The van der Waals surface area contributed by atoms with Crippen LogP contribution in [-0.4, -0.2) is 21.9 Å². The molecule has 4 atom stereocenters. The summed E-state index contributed by atoms with van der Waals surface area (Å²) in [4.78, 5) is 26.6. The van der Waals surface area contributed by atoms with Gasteiger partial charge in [0.1, 0.15) is 0 Å². The van der Waals surface area contributed by atoms with Crippen LogP contribution < -0.4 is 10.7 Å². The minimum absolute atomic E-state index is 0.168. The van der Waals surface area contributed by atoms with Gasteiger partial charge in [0.05, 0.1) is 11.8 Å². The zero-order chi connectivity index (χ0) is 20.3. The number of fused-ring (bicyclic) bond motifs is 1. The standard InChI is InChI=1S/C21H24BrN3O2S/c1-12(2)21-10-8-20(3,9-11-21)15-16(21)18(27)25(17(15)26)24-19(28)23-14-6-4-13(22)5-7-14/h4-8,10,12,15-16H,9,11H2,1-3H3,(H2,23,24,28). The predicted molar refractivity (Wildman–Crippen MR) is 116 cm³/mol. The smallest absolute Gasteiger partial charge is 0.253 e. The van der Waals surface area contributed by atoms with Gasteiger partial charge in [0.25, 0.3) is 11.8 Å². The minimum Gasteiger partial charge on any atom is -0.331 e. The fourth-order valence-corrected chi connectivity index (χ4v) is 5.61. The van der Waals surface area contributed by atoms with Crippen molar-refractivity contribution in [3.05, 3.63) is 40.9 Å². The van der Waals surface area contributed by atoms with Gasteiger partial charge in [-0.1, -0.05) is 48.9 Å². The maximum Gasteiger partial charge on any atom is 0.253 e. The zero-order valence-corrected chi connectivity index (χ0v) is 18.6. The maximum atomic E-state index is 13.3. The number of hydrazine groups is 1. The first-order valence-electron chi connectivity index (χ1n) is 9.59. The maximum absolute atomic E-state index is 13.3. The summed E-state index contributed by atoms with van der Waals surface area (Å²) in [5.74, 6) is -0.716. The SMILES string of the molecule is CC(C)C12C=CC(C)(CC1)C1C(=O)N(NC(=S)Nc3ccc(Br)cc3)C(=O)C12. The molecule has 1 aliphatic heterocycles. The van der Waals surface area contributed by atoms with Gasteiger partial charge >= 0.3 is 0 Å². The molecule has 0 radical (unpaired) electrons. The van der Waals surface area contributed by atoms with E-state index in [4.69, 9.17) is 12.2 Å². The van der Waals surface area contributed by atoms with Crippen molar-refractivity contribution in [2.24, 2.45) is 28.6 Å². The second-order valence-corrected chi connectivity index (χ2v) is 9.97. The van der Waals surface area contributed by atoms with Crippen LogP contribution in [0.15, 0.2) is 40.9 Å². The predicted octanol–water partition coefficient (Wildman–Crippen LogP) is 4.26. The molecule has 5 rings (SSSR count). The van der Waals surface area contributed by atoms with Crippen molar-refractivity contribution >= 4 is 50.8 Å². The Kier molecular flexibility index (Phi) is 4.66. The lowest BCUT2D eigenvalue weighted by atomic mass is 9.46. The number of nitrogens with one attached hydrogen (secondary N) is 2. The Bertz CT molecular complexity index is 884. The van der Waals surface area contributed by atoms with Crippen molar-refractivity contribution in [1.29, 1.82) is 0 Å². The van der Waals surface area contributed by atoms with Gasteiger partial charge in [-0.3, -0.25) is 15.0 Å². The van der Waals surface area contributed by atoms with Crippen molar-refractivity contribution in [2.45, 2.75) is 33.6 Å². The van der Waals surface area contributed by atoms with Crippen LogP contribution in [0.4, 0.5) is 5.69 Å². The number of imide groups is 1. The van der Waals surface area contributed by atoms with E-state index in [1.54, 1.807) is 0 Å². The van der Waals surface area contributed by atoms with E-state index in [-0.39, 0.29) is 45.5 Å². The van der Waals surface area contributed by atoms with Gasteiger partial charge < -0.3 is 5.32 Å². The summed E-state index contributed by atoms with van der Waals surface area (Å²) < 4.78 is 0.959. The van der Waals surface area contributed by atoms with E-state index < -0.39 is 0 Å². The molecule has 2 amide bonds. The topological polar surface area (TPSA) is 61.4 Å². The van der Waals surface area contributed by atoms with E-state index in [0.717, 1.165) is 28.0 Å². The second-order valence-electron chi connectivity index (χ2n) is 8.65. The number of carbonyl (C=O) groups is 2. The second kappa shape index (κ2) is 6.66. The van der Waals surface area contributed by atoms with Gasteiger partial charge in [-0.25, -0.2) is 0 Å². The summed E-state index contributed by atoms with van der Waals surface area (Å²) in [5, 5.41) is 4.41. The van der Waals surface area contributed by atoms with E-state index in [1.165, 1.54) is 0 Å².